The maximum Gasteiger partial charge on any atom is 0.422 e. The Morgan fingerprint density at radius 2 is 2.04 bits per heavy atom. The minimum absolute atomic E-state index is 0.314. The highest BCUT2D eigenvalue weighted by Gasteiger charge is 2.61. The lowest BCUT2D eigenvalue weighted by molar-refractivity contribution is -0.269. The predicted octanol–water partition coefficient (Wildman–Crippen LogP) is 0.821. The van der Waals surface area contributed by atoms with Crippen molar-refractivity contribution in [2.75, 3.05) is 33.4 Å². The van der Waals surface area contributed by atoms with E-state index in [1.807, 2.05) is 18.2 Å². The molecule has 0 saturated carbocycles. The lowest BCUT2D eigenvalue weighted by Crippen LogP contribution is -2.52. The Bertz CT molecular complexity index is 875. The lowest BCUT2D eigenvalue weighted by atomic mass is 10.1. The third-order valence-corrected chi connectivity index (χ3v) is 5.06. The van der Waals surface area contributed by atoms with Gasteiger partial charge >= 0.3 is 17.8 Å². The van der Waals surface area contributed by atoms with Gasteiger partial charge in [-0.25, -0.2) is 14.5 Å². The summed E-state index contributed by atoms with van der Waals surface area (Å²) < 4.78 is 26.6. The Hall–Kier alpha value is -2.62. The average molecular weight is 391 g/mol. The van der Waals surface area contributed by atoms with Gasteiger partial charge in [-0.1, -0.05) is 0 Å². The average Bonchev–Trinajstić information content (AvgIpc) is 3.34. The van der Waals surface area contributed by atoms with Crippen molar-refractivity contribution in [1.29, 1.82) is 0 Å². The highest BCUT2D eigenvalue weighted by Crippen LogP contribution is 2.36. The number of carbonyl (C=O) groups excluding carboxylic acids is 2. The van der Waals surface area contributed by atoms with Crippen LogP contribution in [0.15, 0.2) is 28.9 Å². The monoisotopic (exact) mass is 391 g/mol. The summed E-state index contributed by atoms with van der Waals surface area (Å²) in [6, 6.07) is 5.73. The molecular weight excluding hydrogens is 370 g/mol. The van der Waals surface area contributed by atoms with Crippen LogP contribution in [0, 0.1) is 0 Å². The van der Waals surface area contributed by atoms with Crippen LogP contribution in [0.5, 0.6) is 5.75 Å². The molecule has 1 N–H and O–H groups in total. The summed E-state index contributed by atoms with van der Waals surface area (Å²) in [5, 5.41) is 11.1. The molecule has 0 aliphatic carbocycles. The van der Waals surface area contributed by atoms with Crippen molar-refractivity contribution in [2.45, 2.75) is 24.9 Å². The van der Waals surface area contributed by atoms with Crippen molar-refractivity contribution in [3.63, 3.8) is 0 Å². The number of carbonyl (C=O) groups is 2. The molecule has 9 nitrogen and oxygen atoms in total. The zero-order valence-corrected chi connectivity index (χ0v) is 15.4. The van der Waals surface area contributed by atoms with E-state index >= 15 is 0 Å². The molecule has 28 heavy (non-hydrogen) atoms. The number of aliphatic hydroxyl groups excluding tert-OH is 1. The third kappa shape index (κ3) is 3.21. The quantitative estimate of drug-likeness (QED) is 0.417. The number of fused-ring (bicyclic) bond motifs is 1. The van der Waals surface area contributed by atoms with Crippen molar-refractivity contribution < 1.29 is 38.1 Å². The molecule has 2 fully saturated rings. The predicted molar refractivity (Wildman–Crippen MR) is 94.4 cm³/mol. The first-order chi connectivity index (χ1) is 13.5. The van der Waals surface area contributed by atoms with Gasteiger partial charge in [0.2, 0.25) is 0 Å². The number of hydrogen-bond acceptors (Lipinski definition) is 9. The van der Waals surface area contributed by atoms with Crippen LogP contribution >= 0.6 is 0 Å². The fraction of sp³-hybridized carbons (Fsp3) is 0.474. The molecule has 2 aliphatic heterocycles. The van der Waals surface area contributed by atoms with Crippen molar-refractivity contribution >= 4 is 22.9 Å². The number of hydrogen-bond donors (Lipinski definition) is 1. The number of methoxy groups -OCH3 is 1. The van der Waals surface area contributed by atoms with Gasteiger partial charge in [0, 0.05) is 24.0 Å². The second-order valence-electron chi connectivity index (χ2n) is 6.69. The summed E-state index contributed by atoms with van der Waals surface area (Å²) in [5.41, 5.74) is 1.75. The van der Waals surface area contributed by atoms with Gasteiger partial charge < -0.3 is 28.5 Å². The molecule has 3 heterocycles. The van der Waals surface area contributed by atoms with Gasteiger partial charge in [-0.2, -0.15) is 0 Å². The summed E-state index contributed by atoms with van der Waals surface area (Å²) >= 11 is 0. The second-order valence-corrected chi connectivity index (χ2v) is 6.69. The van der Waals surface area contributed by atoms with Crippen LogP contribution in [0.2, 0.25) is 0 Å². The normalized spacial score (nSPS) is 21.4. The first-order valence-corrected chi connectivity index (χ1v) is 9.05. The summed E-state index contributed by atoms with van der Waals surface area (Å²) in [6.07, 6.45) is 1.51. The molecule has 1 aromatic carbocycles. The zero-order chi connectivity index (χ0) is 19.7. The lowest BCUT2D eigenvalue weighted by Gasteiger charge is -2.32. The van der Waals surface area contributed by atoms with E-state index in [0.29, 0.717) is 39.1 Å². The van der Waals surface area contributed by atoms with Crippen molar-refractivity contribution in [1.82, 2.24) is 4.90 Å². The number of rotatable bonds is 7. The molecule has 150 valence electrons. The number of benzene rings is 1. The van der Waals surface area contributed by atoms with Crippen LogP contribution in [0.25, 0.3) is 11.0 Å². The Kier molecular flexibility index (Phi) is 4.96. The molecule has 0 bridgehead atoms. The van der Waals surface area contributed by atoms with Gasteiger partial charge in [-0.3, -0.25) is 0 Å². The fourth-order valence-electron chi connectivity index (χ4n) is 3.60. The molecule has 2 aliphatic rings. The minimum atomic E-state index is -1.72. The van der Waals surface area contributed by atoms with E-state index in [1.165, 1.54) is 0 Å². The standard InChI is InChI=1S/C19H21NO8/c1-24-14-10-13-4-8-26-15(13)11-12(14)3-7-25-9-6-20-5-2-16(21)19(20)27-17(22)18(23)28-19/h4,8,10-11,16,21H,2-3,5-7,9H2,1H3. The minimum Gasteiger partial charge on any atom is -0.496 e. The van der Waals surface area contributed by atoms with E-state index in [0.717, 1.165) is 22.3 Å². The molecule has 2 aromatic rings. The first-order valence-electron chi connectivity index (χ1n) is 9.05. The van der Waals surface area contributed by atoms with Crippen LogP contribution in [-0.2, 0) is 30.2 Å². The maximum absolute atomic E-state index is 11.4. The zero-order valence-electron chi connectivity index (χ0n) is 15.4. The molecule has 1 unspecified atom stereocenters. The topological polar surface area (TPSA) is 108 Å². The van der Waals surface area contributed by atoms with E-state index in [-0.39, 0.29) is 0 Å². The van der Waals surface area contributed by atoms with Crippen molar-refractivity contribution in [2.24, 2.45) is 0 Å². The summed E-state index contributed by atoms with van der Waals surface area (Å²) in [7, 11) is 1.62. The van der Waals surface area contributed by atoms with Crippen LogP contribution in [0.3, 0.4) is 0 Å². The largest absolute Gasteiger partial charge is 0.496 e. The summed E-state index contributed by atoms with van der Waals surface area (Å²) in [5.74, 6) is -3.13. The van der Waals surface area contributed by atoms with Crippen molar-refractivity contribution in [3.8, 4) is 5.75 Å². The van der Waals surface area contributed by atoms with Gasteiger partial charge in [0.25, 0.3) is 0 Å². The van der Waals surface area contributed by atoms with E-state index < -0.39 is 24.0 Å². The fourth-order valence-corrected chi connectivity index (χ4v) is 3.60. The first kappa shape index (κ1) is 18.7. The second kappa shape index (κ2) is 7.42. The number of likely N-dealkylation sites (tertiary alicyclic amines) is 1. The number of ether oxygens (including phenoxy) is 4. The van der Waals surface area contributed by atoms with Gasteiger partial charge in [-0.05, 0) is 31.0 Å². The summed E-state index contributed by atoms with van der Waals surface area (Å²) in [4.78, 5) is 24.4. The number of nitrogens with zero attached hydrogens (tertiary/aromatic N) is 1. The van der Waals surface area contributed by atoms with Crippen LogP contribution in [0.4, 0.5) is 0 Å². The smallest absolute Gasteiger partial charge is 0.422 e. The highest BCUT2D eigenvalue weighted by molar-refractivity contribution is 6.31. The Morgan fingerprint density at radius 3 is 2.79 bits per heavy atom. The Morgan fingerprint density at radius 1 is 1.25 bits per heavy atom. The molecule has 4 rings (SSSR count). The SMILES string of the molecule is COc1cc2ccoc2cc1CCOCCN1CCC(O)C12OC(=O)C(=O)O2. The summed E-state index contributed by atoms with van der Waals surface area (Å²) in [6.45, 7) is 1.51. The maximum atomic E-state index is 11.4. The van der Waals surface area contributed by atoms with E-state index in [1.54, 1.807) is 18.3 Å². The number of furan rings is 1. The molecule has 0 amide bonds. The van der Waals surface area contributed by atoms with Crippen molar-refractivity contribution in [3.05, 3.63) is 30.0 Å². The van der Waals surface area contributed by atoms with Crippen LogP contribution < -0.4 is 4.74 Å². The van der Waals surface area contributed by atoms with Gasteiger partial charge in [-0.15, -0.1) is 0 Å². The molecule has 2 saturated heterocycles. The number of aliphatic hydroxyl groups is 1. The van der Waals surface area contributed by atoms with Gasteiger partial charge in [0.1, 0.15) is 17.4 Å². The van der Waals surface area contributed by atoms with E-state index in [2.05, 4.69) is 0 Å². The Labute approximate surface area is 160 Å². The third-order valence-electron chi connectivity index (χ3n) is 5.06. The molecular formula is C19H21NO8. The van der Waals surface area contributed by atoms with E-state index in [9.17, 15) is 14.7 Å². The molecule has 9 heteroatoms. The number of esters is 2. The molecule has 1 atom stereocenters. The molecule has 1 aromatic heterocycles. The molecule has 1 spiro atoms. The molecule has 0 radical (unpaired) electrons. The van der Waals surface area contributed by atoms with Gasteiger partial charge in [0.15, 0.2) is 0 Å². The Balaban J connectivity index is 1.30. The van der Waals surface area contributed by atoms with E-state index in [4.69, 9.17) is 23.4 Å². The van der Waals surface area contributed by atoms with Crippen LogP contribution in [-0.4, -0.2) is 67.4 Å². The highest BCUT2D eigenvalue weighted by atomic mass is 16.8. The van der Waals surface area contributed by atoms with Gasteiger partial charge in [0.05, 0.1) is 26.6 Å². The van der Waals surface area contributed by atoms with Crippen LogP contribution in [0.1, 0.15) is 12.0 Å².